The molecule has 1 heterocycles. The fourth-order valence-corrected chi connectivity index (χ4v) is 2.73. The summed E-state index contributed by atoms with van der Waals surface area (Å²) in [4.78, 5) is 25.0. The summed E-state index contributed by atoms with van der Waals surface area (Å²) in [7, 11) is 0. The molecule has 5 nitrogen and oxygen atoms in total. The molecule has 1 aliphatic heterocycles. The van der Waals surface area contributed by atoms with Crippen LogP contribution in [0, 0.1) is 5.92 Å². The number of nitrogens with one attached hydrogen (secondary N) is 2. The maximum absolute atomic E-state index is 12.0. The zero-order valence-corrected chi connectivity index (χ0v) is 12.4. The van der Waals surface area contributed by atoms with Crippen molar-refractivity contribution in [2.45, 2.75) is 19.8 Å². The number of ether oxygens (including phenoxy) is 1. The number of piperidine rings is 1. The largest absolute Gasteiger partial charge is 0.466 e. The molecule has 1 unspecified atom stereocenters. The van der Waals surface area contributed by atoms with Gasteiger partial charge < -0.3 is 15.0 Å². The number of amides is 1. The highest BCUT2D eigenvalue weighted by Gasteiger charge is 2.30. The minimum absolute atomic E-state index is 0.0132. The fraction of sp³-hybridized carbons (Fsp3) is 0.500. The molecule has 21 heavy (non-hydrogen) atoms. The zero-order chi connectivity index (χ0) is 15.1. The van der Waals surface area contributed by atoms with Crippen LogP contribution in [0.1, 0.15) is 19.8 Å². The van der Waals surface area contributed by atoms with Crippen LogP contribution in [0.5, 0.6) is 0 Å². The lowest BCUT2D eigenvalue weighted by molar-refractivity contribution is -0.899. The van der Waals surface area contributed by atoms with E-state index < -0.39 is 0 Å². The third kappa shape index (κ3) is 4.86. The van der Waals surface area contributed by atoms with Gasteiger partial charge in [-0.2, -0.15) is 0 Å². The van der Waals surface area contributed by atoms with Crippen LogP contribution in [0.3, 0.4) is 0 Å². The molecule has 0 bridgehead atoms. The van der Waals surface area contributed by atoms with Crippen molar-refractivity contribution >= 4 is 17.6 Å². The van der Waals surface area contributed by atoms with E-state index in [1.807, 2.05) is 37.3 Å². The first-order chi connectivity index (χ1) is 10.2. The maximum atomic E-state index is 12.0. The summed E-state index contributed by atoms with van der Waals surface area (Å²) in [6.07, 6.45) is 1.82. The van der Waals surface area contributed by atoms with E-state index in [1.165, 1.54) is 0 Å². The number of rotatable bonds is 5. The molecule has 1 amide bonds. The van der Waals surface area contributed by atoms with Crippen LogP contribution in [0.25, 0.3) is 0 Å². The number of carbonyl (C=O) groups excluding carboxylic acids is 2. The lowest BCUT2D eigenvalue weighted by atomic mass is 9.98. The quantitative estimate of drug-likeness (QED) is 0.776. The van der Waals surface area contributed by atoms with E-state index in [0.717, 1.165) is 30.0 Å². The van der Waals surface area contributed by atoms with Crippen LogP contribution in [0.15, 0.2) is 30.3 Å². The number of hydrogen-bond acceptors (Lipinski definition) is 3. The predicted octanol–water partition coefficient (Wildman–Crippen LogP) is 0.483. The number of para-hydroxylation sites is 1. The summed E-state index contributed by atoms with van der Waals surface area (Å²) < 4.78 is 5.08. The summed E-state index contributed by atoms with van der Waals surface area (Å²) in [5, 5.41) is 2.88. The van der Waals surface area contributed by atoms with Crippen molar-refractivity contribution in [1.82, 2.24) is 0 Å². The molecule has 1 aromatic carbocycles. The minimum Gasteiger partial charge on any atom is -0.466 e. The number of carbonyl (C=O) groups is 2. The van der Waals surface area contributed by atoms with Crippen molar-refractivity contribution in [3.8, 4) is 0 Å². The van der Waals surface area contributed by atoms with Gasteiger partial charge in [-0.05, 0) is 31.9 Å². The molecule has 2 N–H and O–H groups in total. The molecule has 0 spiro atoms. The topological polar surface area (TPSA) is 59.8 Å². The van der Waals surface area contributed by atoms with Gasteiger partial charge >= 0.3 is 5.97 Å². The van der Waals surface area contributed by atoms with Gasteiger partial charge in [0.15, 0.2) is 6.54 Å². The first-order valence-electron chi connectivity index (χ1n) is 7.54. The third-order valence-corrected chi connectivity index (χ3v) is 3.71. The van der Waals surface area contributed by atoms with E-state index in [1.54, 1.807) is 0 Å². The van der Waals surface area contributed by atoms with Crippen molar-refractivity contribution in [3.05, 3.63) is 30.3 Å². The Balaban J connectivity index is 1.82. The molecule has 1 aromatic rings. The van der Waals surface area contributed by atoms with Crippen molar-refractivity contribution in [1.29, 1.82) is 0 Å². The standard InChI is InChI=1S/C16H22N2O3/c1-2-21-16(20)13-7-6-10-18(11-13)12-15(19)17-14-8-4-3-5-9-14/h3-5,8-9,13H,2,6-7,10-12H2,1H3,(H,17,19)/p+1/t13-/m1/s1. The summed E-state index contributed by atoms with van der Waals surface area (Å²) in [5.41, 5.74) is 0.806. The number of anilines is 1. The van der Waals surface area contributed by atoms with Gasteiger partial charge in [0.05, 0.1) is 19.7 Å². The molecule has 0 saturated carbocycles. The average molecular weight is 291 g/mol. The normalized spacial score (nSPS) is 21.6. The molecular weight excluding hydrogens is 268 g/mol. The molecule has 5 heteroatoms. The van der Waals surface area contributed by atoms with Gasteiger partial charge in [-0.15, -0.1) is 0 Å². The second-order valence-electron chi connectivity index (χ2n) is 5.39. The molecule has 0 aliphatic carbocycles. The Bertz CT molecular complexity index is 476. The molecule has 1 saturated heterocycles. The molecular formula is C16H23N2O3+. The molecule has 2 atom stereocenters. The van der Waals surface area contributed by atoms with Crippen molar-refractivity contribution in [2.24, 2.45) is 5.92 Å². The average Bonchev–Trinajstić information content (AvgIpc) is 2.48. The molecule has 0 radical (unpaired) electrons. The van der Waals surface area contributed by atoms with Crippen LogP contribution < -0.4 is 10.2 Å². The van der Waals surface area contributed by atoms with E-state index in [9.17, 15) is 9.59 Å². The summed E-state index contributed by atoms with van der Waals surface area (Å²) >= 11 is 0. The van der Waals surface area contributed by atoms with Crippen molar-refractivity contribution in [3.63, 3.8) is 0 Å². The second kappa shape index (κ2) is 7.78. The molecule has 114 valence electrons. The first kappa shape index (κ1) is 15.5. The number of likely N-dealkylation sites (tertiary alicyclic amines) is 1. The number of benzene rings is 1. The van der Waals surface area contributed by atoms with Gasteiger partial charge in [-0.25, -0.2) is 0 Å². The Kier molecular flexibility index (Phi) is 5.75. The number of hydrogen-bond donors (Lipinski definition) is 2. The van der Waals surface area contributed by atoms with Crippen LogP contribution >= 0.6 is 0 Å². The van der Waals surface area contributed by atoms with Crippen LogP contribution in [0.4, 0.5) is 5.69 Å². The van der Waals surface area contributed by atoms with Crippen LogP contribution in [0.2, 0.25) is 0 Å². The van der Waals surface area contributed by atoms with E-state index >= 15 is 0 Å². The summed E-state index contributed by atoms with van der Waals surface area (Å²) in [6.45, 7) is 4.24. The van der Waals surface area contributed by atoms with E-state index in [-0.39, 0.29) is 17.8 Å². The Labute approximate surface area is 125 Å². The van der Waals surface area contributed by atoms with Gasteiger partial charge in [-0.1, -0.05) is 18.2 Å². The monoisotopic (exact) mass is 291 g/mol. The Hall–Kier alpha value is -1.88. The highest BCUT2D eigenvalue weighted by atomic mass is 16.5. The summed E-state index contributed by atoms with van der Waals surface area (Å²) in [6, 6.07) is 9.42. The SMILES string of the molecule is CCOC(=O)[C@@H]1CCC[NH+](CC(=O)Nc2ccccc2)C1. The van der Waals surface area contributed by atoms with Crippen molar-refractivity contribution in [2.75, 3.05) is 31.6 Å². The van der Waals surface area contributed by atoms with E-state index in [4.69, 9.17) is 4.74 Å². The third-order valence-electron chi connectivity index (χ3n) is 3.71. The van der Waals surface area contributed by atoms with Gasteiger partial charge in [0.1, 0.15) is 5.92 Å². The Morgan fingerprint density at radius 3 is 2.81 bits per heavy atom. The minimum atomic E-state index is -0.127. The van der Waals surface area contributed by atoms with Gasteiger partial charge in [0.2, 0.25) is 0 Å². The smallest absolute Gasteiger partial charge is 0.314 e. The van der Waals surface area contributed by atoms with Crippen LogP contribution in [-0.4, -0.2) is 38.1 Å². The van der Waals surface area contributed by atoms with Crippen LogP contribution in [-0.2, 0) is 14.3 Å². The lowest BCUT2D eigenvalue weighted by Crippen LogP contribution is -3.14. The van der Waals surface area contributed by atoms with Gasteiger partial charge in [0.25, 0.3) is 5.91 Å². The van der Waals surface area contributed by atoms with Gasteiger partial charge in [-0.3, -0.25) is 9.59 Å². The molecule has 1 fully saturated rings. The molecule has 0 aromatic heterocycles. The van der Waals surface area contributed by atoms with E-state index in [0.29, 0.717) is 19.7 Å². The first-order valence-corrected chi connectivity index (χ1v) is 7.54. The molecule has 2 rings (SSSR count). The van der Waals surface area contributed by atoms with Crippen molar-refractivity contribution < 1.29 is 19.2 Å². The lowest BCUT2D eigenvalue weighted by Gasteiger charge is -2.28. The number of quaternary nitrogens is 1. The fourth-order valence-electron chi connectivity index (χ4n) is 2.73. The Morgan fingerprint density at radius 2 is 2.10 bits per heavy atom. The zero-order valence-electron chi connectivity index (χ0n) is 12.4. The second-order valence-corrected chi connectivity index (χ2v) is 5.39. The highest BCUT2D eigenvalue weighted by molar-refractivity contribution is 5.91. The molecule has 1 aliphatic rings. The highest BCUT2D eigenvalue weighted by Crippen LogP contribution is 2.09. The predicted molar refractivity (Wildman–Crippen MR) is 80.0 cm³/mol. The maximum Gasteiger partial charge on any atom is 0.314 e. The summed E-state index contributed by atoms with van der Waals surface area (Å²) in [5.74, 6) is -0.211. The van der Waals surface area contributed by atoms with Gasteiger partial charge in [0, 0.05) is 5.69 Å². The Morgan fingerprint density at radius 1 is 1.33 bits per heavy atom. The number of esters is 1. The van der Waals surface area contributed by atoms with E-state index in [2.05, 4.69) is 5.32 Å².